The highest BCUT2D eigenvalue weighted by Crippen LogP contribution is 2.22. The Bertz CT molecular complexity index is 610. The molecule has 98 valence electrons. The van der Waals surface area contributed by atoms with Gasteiger partial charge in [0.05, 0.1) is 11.6 Å². The van der Waals surface area contributed by atoms with Crippen molar-refractivity contribution in [1.82, 2.24) is 4.98 Å². The standard InChI is InChI=1S/C13H14N4O2/c14-17-16-6-5-12(18)13(19)10-7-9-3-1-2-4-11(9)15-8-10/h1-4,7-8,12-13,18-19H,5-6H2. The van der Waals surface area contributed by atoms with Gasteiger partial charge >= 0.3 is 0 Å². The molecular formula is C13H14N4O2. The van der Waals surface area contributed by atoms with Gasteiger partial charge in [0.2, 0.25) is 0 Å². The molecule has 1 aromatic carbocycles. The molecule has 0 aliphatic heterocycles. The number of azide groups is 1. The van der Waals surface area contributed by atoms with Crippen molar-refractivity contribution < 1.29 is 10.2 Å². The maximum Gasteiger partial charge on any atom is 0.106 e. The largest absolute Gasteiger partial charge is 0.390 e. The Morgan fingerprint density at radius 1 is 1.32 bits per heavy atom. The molecule has 2 aromatic rings. The van der Waals surface area contributed by atoms with E-state index in [2.05, 4.69) is 15.0 Å². The fourth-order valence-corrected chi connectivity index (χ4v) is 1.86. The lowest BCUT2D eigenvalue weighted by atomic mass is 10.0. The van der Waals surface area contributed by atoms with Crippen molar-refractivity contribution in [3.05, 3.63) is 52.5 Å². The number of rotatable bonds is 5. The van der Waals surface area contributed by atoms with E-state index in [0.717, 1.165) is 10.9 Å². The van der Waals surface area contributed by atoms with Gasteiger partial charge in [0, 0.05) is 28.6 Å². The van der Waals surface area contributed by atoms with Gasteiger partial charge in [-0.15, -0.1) is 0 Å². The summed E-state index contributed by atoms with van der Waals surface area (Å²) in [5.41, 5.74) is 9.54. The van der Waals surface area contributed by atoms with Gasteiger partial charge in [-0.25, -0.2) is 0 Å². The predicted octanol–water partition coefficient (Wildman–Crippen LogP) is 2.33. The van der Waals surface area contributed by atoms with Crippen molar-refractivity contribution in [1.29, 1.82) is 0 Å². The van der Waals surface area contributed by atoms with Crippen molar-refractivity contribution in [2.75, 3.05) is 6.54 Å². The molecule has 19 heavy (non-hydrogen) atoms. The molecule has 0 saturated heterocycles. The molecule has 0 radical (unpaired) electrons. The smallest absolute Gasteiger partial charge is 0.106 e. The van der Waals surface area contributed by atoms with E-state index in [9.17, 15) is 10.2 Å². The monoisotopic (exact) mass is 258 g/mol. The predicted molar refractivity (Wildman–Crippen MR) is 71.3 cm³/mol. The molecule has 6 nitrogen and oxygen atoms in total. The van der Waals surface area contributed by atoms with Gasteiger partial charge in [-0.2, -0.15) is 0 Å². The molecule has 2 rings (SSSR count). The summed E-state index contributed by atoms with van der Waals surface area (Å²) in [4.78, 5) is 6.83. The minimum absolute atomic E-state index is 0.149. The van der Waals surface area contributed by atoms with Crippen molar-refractivity contribution in [2.45, 2.75) is 18.6 Å². The van der Waals surface area contributed by atoms with Crippen LogP contribution in [-0.4, -0.2) is 27.8 Å². The highest BCUT2D eigenvalue weighted by atomic mass is 16.3. The van der Waals surface area contributed by atoms with E-state index in [1.165, 1.54) is 0 Å². The number of pyridine rings is 1. The molecular weight excluding hydrogens is 244 g/mol. The van der Waals surface area contributed by atoms with Crippen LogP contribution in [0.4, 0.5) is 0 Å². The number of benzene rings is 1. The summed E-state index contributed by atoms with van der Waals surface area (Å²) in [6.45, 7) is 0.149. The topological polar surface area (TPSA) is 102 Å². The Morgan fingerprint density at radius 2 is 2.11 bits per heavy atom. The maximum atomic E-state index is 10.0. The van der Waals surface area contributed by atoms with E-state index in [-0.39, 0.29) is 13.0 Å². The molecule has 1 aromatic heterocycles. The van der Waals surface area contributed by atoms with E-state index in [1.54, 1.807) is 12.3 Å². The average molecular weight is 258 g/mol. The van der Waals surface area contributed by atoms with Crippen molar-refractivity contribution >= 4 is 10.9 Å². The van der Waals surface area contributed by atoms with E-state index >= 15 is 0 Å². The molecule has 0 aliphatic rings. The highest BCUT2D eigenvalue weighted by molar-refractivity contribution is 5.78. The zero-order chi connectivity index (χ0) is 13.7. The van der Waals surface area contributed by atoms with Crippen LogP contribution in [0.5, 0.6) is 0 Å². The Morgan fingerprint density at radius 3 is 2.89 bits per heavy atom. The first kappa shape index (κ1) is 13.3. The van der Waals surface area contributed by atoms with Crippen LogP contribution < -0.4 is 0 Å². The second-order valence-corrected chi connectivity index (χ2v) is 4.22. The number of aliphatic hydroxyl groups excluding tert-OH is 2. The molecule has 0 saturated carbocycles. The lowest BCUT2D eigenvalue weighted by molar-refractivity contribution is 0.0149. The zero-order valence-corrected chi connectivity index (χ0v) is 10.2. The van der Waals surface area contributed by atoms with Crippen LogP contribution in [0.1, 0.15) is 18.1 Å². The van der Waals surface area contributed by atoms with Crippen LogP contribution in [0.3, 0.4) is 0 Å². The van der Waals surface area contributed by atoms with Crippen LogP contribution in [0.15, 0.2) is 41.6 Å². The van der Waals surface area contributed by atoms with E-state index in [4.69, 9.17) is 5.53 Å². The number of hydrogen-bond acceptors (Lipinski definition) is 4. The van der Waals surface area contributed by atoms with Gasteiger partial charge in [-0.3, -0.25) is 4.98 Å². The van der Waals surface area contributed by atoms with Gasteiger partial charge in [-0.05, 0) is 24.1 Å². The third-order valence-electron chi connectivity index (χ3n) is 2.91. The molecule has 0 amide bonds. The minimum atomic E-state index is -1.04. The van der Waals surface area contributed by atoms with Crippen molar-refractivity contribution in [3.63, 3.8) is 0 Å². The lowest BCUT2D eigenvalue weighted by Gasteiger charge is -2.17. The molecule has 0 aliphatic carbocycles. The Labute approximate surface area is 110 Å². The first-order chi connectivity index (χ1) is 9.22. The summed E-state index contributed by atoms with van der Waals surface area (Å²) < 4.78 is 0. The van der Waals surface area contributed by atoms with E-state index in [0.29, 0.717) is 5.56 Å². The summed E-state index contributed by atoms with van der Waals surface area (Å²) in [5, 5.41) is 24.1. The number of aromatic nitrogens is 1. The van der Waals surface area contributed by atoms with E-state index < -0.39 is 12.2 Å². The summed E-state index contributed by atoms with van der Waals surface area (Å²) in [6, 6.07) is 9.34. The SMILES string of the molecule is [N-]=[N+]=NCCC(O)C(O)c1cnc2ccccc2c1. The molecule has 6 heteroatoms. The number of aliphatic hydroxyl groups is 2. The molecule has 0 fully saturated rings. The van der Waals surface area contributed by atoms with Crippen LogP contribution >= 0.6 is 0 Å². The van der Waals surface area contributed by atoms with Crippen LogP contribution in [-0.2, 0) is 0 Å². The summed E-state index contributed by atoms with van der Waals surface area (Å²) in [7, 11) is 0. The first-order valence-corrected chi connectivity index (χ1v) is 5.94. The van der Waals surface area contributed by atoms with Crippen molar-refractivity contribution in [2.24, 2.45) is 5.11 Å². The number of hydrogen-bond donors (Lipinski definition) is 2. The Hall–Kier alpha value is -2.14. The molecule has 2 atom stereocenters. The van der Waals surface area contributed by atoms with Gasteiger partial charge in [-0.1, -0.05) is 23.3 Å². The van der Waals surface area contributed by atoms with Crippen molar-refractivity contribution in [3.8, 4) is 0 Å². The second kappa shape index (κ2) is 6.15. The summed E-state index contributed by atoms with van der Waals surface area (Å²) >= 11 is 0. The normalized spacial score (nSPS) is 13.8. The quantitative estimate of drug-likeness (QED) is 0.488. The van der Waals surface area contributed by atoms with Gasteiger partial charge in [0.15, 0.2) is 0 Å². The van der Waals surface area contributed by atoms with Gasteiger partial charge in [0.1, 0.15) is 6.10 Å². The van der Waals surface area contributed by atoms with Gasteiger partial charge in [0.25, 0.3) is 0 Å². The van der Waals surface area contributed by atoms with Crippen LogP contribution in [0.25, 0.3) is 21.3 Å². The van der Waals surface area contributed by atoms with Gasteiger partial charge < -0.3 is 10.2 Å². The fraction of sp³-hybridized carbons (Fsp3) is 0.308. The number of para-hydroxylation sites is 1. The highest BCUT2D eigenvalue weighted by Gasteiger charge is 2.18. The first-order valence-electron chi connectivity index (χ1n) is 5.94. The zero-order valence-electron chi connectivity index (χ0n) is 10.2. The Balaban J connectivity index is 2.16. The second-order valence-electron chi connectivity index (χ2n) is 4.22. The third-order valence-corrected chi connectivity index (χ3v) is 2.91. The molecule has 1 heterocycles. The maximum absolute atomic E-state index is 10.0. The summed E-state index contributed by atoms with van der Waals surface area (Å²) in [6.07, 6.45) is -0.263. The number of nitrogens with zero attached hydrogens (tertiary/aromatic N) is 4. The minimum Gasteiger partial charge on any atom is -0.390 e. The molecule has 0 bridgehead atoms. The van der Waals surface area contributed by atoms with Crippen LogP contribution in [0.2, 0.25) is 0 Å². The molecule has 2 unspecified atom stereocenters. The Kier molecular flexibility index (Phi) is 4.30. The fourth-order valence-electron chi connectivity index (χ4n) is 1.86. The molecule has 0 spiro atoms. The lowest BCUT2D eigenvalue weighted by Crippen LogP contribution is -2.19. The molecule has 2 N–H and O–H groups in total. The van der Waals surface area contributed by atoms with E-state index in [1.807, 2.05) is 24.3 Å². The summed E-state index contributed by atoms with van der Waals surface area (Å²) in [5.74, 6) is 0. The third kappa shape index (κ3) is 3.20. The average Bonchev–Trinajstić information content (AvgIpc) is 2.46. The van der Waals surface area contributed by atoms with Crippen LogP contribution in [0, 0.1) is 0 Å². The number of fused-ring (bicyclic) bond motifs is 1.